The molecule has 0 atom stereocenters. The topological polar surface area (TPSA) is 90.7 Å². The maximum absolute atomic E-state index is 13.2. The Morgan fingerprint density at radius 3 is 2.19 bits per heavy atom. The molecule has 0 aliphatic carbocycles. The summed E-state index contributed by atoms with van der Waals surface area (Å²) in [5, 5.41) is 4.25. The molecule has 1 aromatic carbocycles. The van der Waals surface area contributed by atoms with E-state index in [1.807, 2.05) is 30.3 Å². The molecular formula is C23H21N3O5. The van der Waals surface area contributed by atoms with Crippen molar-refractivity contribution in [3.63, 3.8) is 0 Å². The first-order valence-electron chi connectivity index (χ1n) is 9.79. The fourth-order valence-electron chi connectivity index (χ4n) is 3.03. The molecular weight excluding hydrogens is 398 g/mol. The van der Waals surface area contributed by atoms with Crippen LogP contribution in [0.4, 0.5) is 0 Å². The second kappa shape index (κ2) is 9.62. The summed E-state index contributed by atoms with van der Waals surface area (Å²) in [5.41, 5.74) is -0.158. The number of nitrogens with zero attached hydrogens (tertiary/aromatic N) is 3. The third kappa shape index (κ3) is 5.30. The van der Waals surface area contributed by atoms with E-state index in [4.69, 9.17) is 13.6 Å². The van der Waals surface area contributed by atoms with Crippen LogP contribution in [0.5, 0.6) is 5.75 Å². The number of aromatic nitrogens is 2. The van der Waals surface area contributed by atoms with Gasteiger partial charge in [0.05, 0.1) is 32.2 Å². The average Bonchev–Trinajstić information content (AvgIpc) is 3.49. The quantitative estimate of drug-likeness (QED) is 0.413. The van der Waals surface area contributed by atoms with Crippen LogP contribution in [0.25, 0.3) is 0 Å². The predicted octanol–water partition coefficient (Wildman–Crippen LogP) is 3.35. The van der Waals surface area contributed by atoms with Crippen LogP contribution in [0.1, 0.15) is 22.0 Å². The summed E-state index contributed by atoms with van der Waals surface area (Å²) >= 11 is 0. The summed E-state index contributed by atoms with van der Waals surface area (Å²) in [7, 11) is 0. The minimum absolute atomic E-state index is 0.150. The molecule has 0 saturated carbocycles. The Morgan fingerprint density at radius 2 is 1.58 bits per heavy atom. The van der Waals surface area contributed by atoms with Crippen LogP contribution in [0, 0.1) is 0 Å². The first-order chi connectivity index (χ1) is 15.2. The van der Waals surface area contributed by atoms with Gasteiger partial charge in [0.25, 0.3) is 11.5 Å². The van der Waals surface area contributed by atoms with Gasteiger partial charge in [-0.3, -0.25) is 9.59 Å². The molecule has 31 heavy (non-hydrogen) atoms. The number of furan rings is 2. The van der Waals surface area contributed by atoms with Gasteiger partial charge in [-0.2, -0.15) is 5.10 Å². The number of amides is 1. The minimum atomic E-state index is -0.342. The molecule has 0 spiro atoms. The number of carbonyl (C=O) groups is 1. The normalized spacial score (nSPS) is 10.7. The lowest BCUT2D eigenvalue weighted by molar-refractivity contribution is 0.0695. The highest BCUT2D eigenvalue weighted by Crippen LogP contribution is 2.14. The van der Waals surface area contributed by atoms with E-state index >= 15 is 0 Å². The van der Waals surface area contributed by atoms with E-state index in [0.717, 1.165) is 0 Å². The third-order valence-corrected chi connectivity index (χ3v) is 4.54. The number of hydrogen-bond donors (Lipinski definition) is 0. The number of carbonyl (C=O) groups excluding carboxylic acids is 1. The summed E-state index contributed by atoms with van der Waals surface area (Å²) in [6.45, 7) is 0.942. The van der Waals surface area contributed by atoms with Gasteiger partial charge in [-0.25, -0.2) is 4.68 Å². The second-order valence-corrected chi connectivity index (χ2v) is 6.76. The average molecular weight is 419 g/mol. The maximum Gasteiger partial charge on any atom is 0.275 e. The first kappa shape index (κ1) is 20.2. The Kier molecular flexibility index (Phi) is 6.27. The fourth-order valence-corrected chi connectivity index (χ4v) is 3.03. The van der Waals surface area contributed by atoms with Crippen LogP contribution in [0.15, 0.2) is 92.9 Å². The van der Waals surface area contributed by atoms with E-state index in [1.165, 1.54) is 16.8 Å². The van der Waals surface area contributed by atoms with Crippen LogP contribution < -0.4 is 10.3 Å². The van der Waals surface area contributed by atoms with Crippen molar-refractivity contribution in [2.75, 3.05) is 6.61 Å². The van der Waals surface area contributed by atoms with Crippen molar-refractivity contribution in [3.8, 4) is 5.75 Å². The van der Waals surface area contributed by atoms with Gasteiger partial charge in [0.15, 0.2) is 0 Å². The molecule has 0 radical (unpaired) electrons. The molecule has 0 N–H and O–H groups in total. The van der Waals surface area contributed by atoms with E-state index in [9.17, 15) is 9.59 Å². The molecule has 1 amide bonds. The molecule has 8 nitrogen and oxygen atoms in total. The Labute approximate surface area is 178 Å². The van der Waals surface area contributed by atoms with Gasteiger partial charge in [-0.15, -0.1) is 0 Å². The first-order valence-corrected chi connectivity index (χ1v) is 9.79. The number of ether oxygens (including phenoxy) is 1. The van der Waals surface area contributed by atoms with Crippen LogP contribution in [-0.2, 0) is 19.6 Å². The summed E-state index contributed by atoms with van der Waals surface area (Å²) < 4.78 is 17.6. The number of benzene rings is 1. The maximum atomic E-state index is 13.2. The molecule has 8 heteroatoms. The third-order valence-electron chi connectivity index (χ3n) is 4.54. The monoisotopic (exact) mass is 419 g/mol. The van der Waals surface area contributed by atoms with E-state index in [2.05, 4.69) is 5.10 Å². The summed E-state index contributed by atoms with van der Waals surface area (Å²) in [4.78, 5) is 26.9. The zero-order valence-corrected chi connectivity index (χ0v) is 16.7. The molecule has 0 saturated heterocycles. The fraction of sp³-hybridized carbons (Fsp3) is 0.174. The Hall–Kier alpha value is -4.07. The highest BCUT2D eigenvalue weighted by atomic mass is 16.5. The van der Waals surface area contributed by atoms with Crippen molar-refractivity contribution in [1.82, 2.24) is 14.7 Å². The van der Waals surface area contributed by atoms with E-state index in [1.54, 1.807) is 41.7 Å². The van der Waals surface area contributed by atoms with Crippen molar-refractivity contribution in [3.05, 3.63) is 107 Å². The van der Waals surface area contributed by atoms with E-state index in [-0.39, 0.29) is 43.4 Å². The second-order valence-electron chi connectivity index (χ2n) is 6.76. The number of rotatable bonds is 9. The van der Waals surface area contributed by atoms with Crippen molar-refractivity contribution in [1.29, 1.82) is 0 Å². The summed E-state index contributed by atoms with van der Waals surface area (Å²) in [6.07, 6.45) is 3.10. The van der Waals surface area contributed by atoms with Gasteiger partial charge in [-0.05, 0) is 42.5 Å². The highest BCUT2D eigenvalue weighted by molar-refractivity contribution is 5.92. The molecule has 0 aliphatic heterocycles. The minimum Gasteiger partial charge on any atom is -0.492 e. The van der Waals surface area contributed by atoms with Gasteiger partial charge < -0.3 is 18.5 Å². The van der Waals surface area contributed by atoms with Gasteiger partial charge in [-0.1, -0.05) is 18.2 Å². The lowest BCUT2D eigenvalue weighted by Crippen LogP contribution is -2.33. The predicted molar refractivity (Wildman–Crippen MR) is 111 cm³/mol. The summed E-state index contributed by atoms with van der Waals surface area (Å²) in [6, 6.07) is 19.1. The lowest BCUT2D eigenvalue weighted by atomic mass is 10.3. The molecule has 0 unspecified atom stereocenters. The molecule has 0 bridgehead atoms. The van der Waals surface area contributed by atoms with Crippen LogP contribution in [0.3, 0.4) is 0 Å². The van der Waals surface area contributed by atoms with Gasteiger partial charge in [0.2, 0.25) is 0 Å². The number of para-hydroxylation sites is 1. The molecule has 158 valence electrons. The smallest absolute Gasteiger partial charge is 0.275 e. The lowest BCUT2D eigenvalue weighted by Gasteiger charge is -2.20. The van der Waals surface area contributed by atoms with Crippen molar-refractivity contribution in [2.24, 2.45) is 0 Å². The molecule has 0 fully saturated rings. The van der Waals surface area contributed by atoms with Crippen molar-refractivity contribution < 1.29 is 18.4 Å². The Bertz CT molecular complexity index is 1120. The van der Waals surface area contributed by atoms with Crippen molar-refractivity contribution in [2.45, 2.75) is 19.6 Å². The van der Waals surface area contributed by atoms with Gasteiger partial charge in [0.1, 0.15) is 29.6 Å². The molecule has 3 heterocycles. The van der Waals surface area contributed by atoms with E-state index in [0.29, 0.717) is 17.3 Å². The van der Waals surface area contributed by atoms with Crippen molar-refractivity contribution >= 4 is 5.91 Å². The largest absolute Gasteiger partial charge is 0.492 e. The Morgan fingerprint density at radius 1 is 0.903 bits per heavy atom. The van der Waals surface area contributed by atoms with Gasteiger partial charge in [0, 0.05) is 6.07 Å². The molecule has 4 aromatic rings. The zero-order chi connectivity index (χ0) is 21.5. The Balaban J connectivity index is 1.49. The van der Waals surface area contributed by atoms with Gasteiger partial charge >= 0.3 is 0 Å². The van der Waals surface area contributed by atoms with E-state index < -0.39 is 0 Å². The molecule has 3 aromatic heterocycles. The van der Waals surface area contributed by atoms with Crippen LogP contribution in [-0.4, -0.2) is 27.2 Å². The standard InChI is InChI=1S/C23H21N3O5/c27-22-11-10-21(24-26(22)12-15-31-18-6-2-1-3-7-18)23(28)25(16-19-8-4-13-29-19)17-20-9-5-14-30-20/h1-11,13-14H,12,15-17H2. The van der Waals surface area contributed by atoms with Crippen LogP contribution in [0.2, 0.25) is 0 Å². The zero-order valence-electron chi connectivity index (χ0n) is 16.7. The summed E-state index contributed by atoms with van der Waals surface area (Å²) in [5.74, 6) is 1.62. The highest BCUT2D eigenvalue weighted by Gasteiger charge is 2.21. The molecule has 4 rings (SSSR count). The molecule has 0 aliphatic rings. The SMILES string of the molecule is O=C(c1ccc(=O)n(CCOc2ccccc2)n1)N(Cc1ccco1)Cc1ccco1. The van der Waals surface area contributed by atoms with Crippen LogP contribution >= 0.6 is 0 Å². The number of hydrogen-bond acceptors (Lipinski definition) is 6.